The summed E-state index contributed by atoms with van der Waals surface area (Å²) in [4.78, 5) is 0. The third kappa shape index (κ3) is 2.43. The van der Waals surface area contributed by atoms with Crippen LogP contribution in [0.5, 0.6) is 0 Å². The van der Waals surface area contributed by atoms with Crippen molar-refractivity contribution in [3.8, 4) is 0 Å². The van der Waals surface area contributed by atoms with Gasteiger partial charge in [-0.05, 0) is 11.0 Å². The van der Waals surface area contributed by atoms with Crippen LogP contribution in [0.1, 0.15) is 0 Å². The molecule has 0 aromatic heterocycles. The Hall–Kier alpha value is 1.26. The van der Waals surface area contributed by atoms with Gasteiger partial charge in [-0.2, -0.15) is 0 Å². The first kappa shape index (κ1) is 7.26. The zero-order valence-electron chi connectivity index (χ0n) is 3.73. The van der Waals surface area contributed by atoms with Gasteiger partial charge in [-0.15, -0.1) is 0 Å². The van der Waals surface area contributed by atoms with Gasteiger partial charge in [0.05, 0.1) is 0 Å². The Labute approximate surface area is 57.7 Å². The summed E-state index contributed by atoms with van der Waals surface area (Å²) in [6.45, 7) is 1.18. The van der Waals surface area contributed by atoms with Crippen LogP contribution in [0, 0.1) is 0 Å². The summed E-state index contributed by atoms with van der Waals surface area (Å²) in [6, 6.07) is 0. The summed E-state index contributed by atoms with van der Waals surface area (Å²) in [5.74, 6) is 1.27. The van der Waals surface area contributed by atoms with Gasteiger partial charge in [0.2, 0.25) is 0 Å². The molecule has 0 atom stereocenters. The van der Waals surface area contributed by atoms with Crippen molar-refractivity contribution in [2.24, 2.45) is 0 Å². The van der Waals surface area contributed by atoms with Crippen LogP contribution in [-0.2, 0) is 0 Å². The van der Waals surface area contributed by atoms with E-state index in [9.17, 15) is 0 Å². The van der Waals surface area contributed by atoms with E-state index in [2.05, 4.69) is 4.72 Å². The van der Waals surface area contributed by atoms with Crippen LogP contribution in [0.2, 0.25) is 0 Å². The monoisotopic (exact) mass is 114 g/mol. The fraction of sp³-hybridized carbons (Fsp3) is 1.00. The molecular formula is C2H5LiNS2. The van der Waals surface area contributed by atoms with Gasteiger partial charge in [0.25, 0.3) is 0 Å². The smallest absolute Gasteiger partial charge is 0.0184 e. The predicted octanol–water partition coefficient (Wildman–Crippen LogP) is 0.505. The quantitative estimate of drug-likeness (QED) is 0.280. The zero-order valence-corrected chi connectivity index (χ0v) is 5.36. The van der Waals surface area contributed by atoms with Crippen molar-refractivity contribution < 1.29 is 0 Å². The second-order valence-corrected chi connectivity index (χ2v) is 3.11. The SMILES string of the molecule is C1CSSN1.[Li]. The van der Waals surface area contributed by atoms with Gasteiger partial charge >= 0.3 is 0 Å². The number of hydrogen-bond acceptors (Lipinski definition) is 3. The van der Waals surface area contributed by atoms with Gasteiger partial charge in [-0.25, -0.2) is 0 Å². The Kier molecular flexibility index (Phi) is 5.34. The first-order chi connectivity index (χ1) is 2.50. The molecule has 0 aromatic rings. The van der Waals surface area contributed by atoms with Gasteiger partial charge in [0.1, 0.15) is 0 Å². The Balaban J connectivity index is 0.000000250. The van der Waals surface area contributed by atoms with E-state index in [-0.39, 0.29) is 18.9 Å². The standard InChI is InChI=1S/C2H5NS2.Li/c1-2-4-5-3-1;/h3H,1-2H2;. The van der Waals surface area contributed by atoms with E-state index >= 15 is 0 Å². The van der Waals surface area contributed by atoms with E-state index in [1.807, 2.05) is 10.8 Å². The van der Waals surface area contributed by atoms with Crippen molar-refractivity contribution in [2.45, 2.75) is 0 Å². The Bertz CT molecular complexity index is 23.1. The maximum absolute atomic E-state index is 3.10. The first-order valence-electron chi connectivity index (χ1n) is 1.51. The molecule has 1 aliphatic rings. The van der Waals surface area contributed by atoms with E-state index in [1.54, 1.807) is 11.0 Å². The van der Waals surface area contributed by atoms with Crippen LogP contribution in [0.3, 0.4) is 0 Å². The molecule has 1 rings (SSSR count). The molecule has 31 valence electrons. The van der Waals surface area contributed by atoms with Crippen LogP contribution in [0.15, 0.2) is 0 Å². The van der Waals surface area contributed by atoms with E-state index in [4.69, 9.17) is 0 Å². The van der Waals surface area contributed by atoms with E-state index in [1.165, 1.54) is 12.3 Å². The number of rotatable bonds is 0. The van der Waals surface area contributed by atoms with Gasteiger partial charge < -0.3 is 0 Å². The topological polar surface area (TPSA) is 12.0 Å². The molecule has 0 aromatic carbocycles. The summed E-state index contributed by atoms with van der Waals surface area (Å²) in [6.07, 6.45) is 0. The van der Waals surface area contributed by atoms with Gasteiger partial charge in [0.15, 0.2) is 0 Å². The van der Waals surface area contributed by atoms with Crippen LogP contribution < -0.4 is 4.72 Å². The molecule has 1 nitrogen and oxygen atoms in total. The zero-order chi connectivity index (χ0) is 3.54. The molecule has 1 saturated heterocycles. The molecule has 0 spiro atoms. The molecule has 1 heterocycles. The molecule has 4 heteroatoms. The number of nitrogens with one attached hydrogen (secondary N) is 1. The van der Waals surface area contributed by atoms with Crippen LogP contribution in [-0.4, -0.2) is 31.2 Å². The van der Waals surface area contributed by atoms with Crippen molar-refractivity contribution >= 4 is 40.6 Å². The molecule has 1 aliphatic heterocycles. The van der Waals surface area contributed by atoms with E-state index in [0.29, 0.717) is 0 Å². The molecule has 1 radical (unpaired) electrons. The van der Waals surface area contributed by atoms with Crippen molar-refractivity contribution in [3.63, 3.8) is 0 Å². The summed E-state index contributed by atoms with van der Waals surface area (Å²) < 4.78 is 3.10. The first-order valence-corrected chi connectivity index (χ1v) is 3.83. The predicted molar refractivity (Wildman–Crippen MR) is 33.8 cm³/mol. The van der Waals surface area contributed by atoms with Gasteiger partial charge in [-0.3, -0.25) is 4.72 Å². The fourth-order valence-corrected chi connectivity index (χ4v) is 1.87. The van der Waals surface area contributed by atoms with Crippen molar-refractivity contribution in [3.05, 3.63) is 0 Å². The van der Waals surface area contributed by atoms with E-state index in [0.717, 1.165) is 0 Å². The van der Waals surface area contributed by atoms with Gasteiger partial charge in [0, 0.05) is 31.2 Å². The van der Waals surface area contributed by atoms with Crippen molar-refractivity contribution in [1.29, 1.82) is 0 Å². The van der Waals surface area contributed by atoms with Crippen LogP contribution in [0.25, 0.3) is 0 Å². The second-order valence-electron chi connectivity index (χ2n) is 0.800. The number of hydrogen-bond donors (Lipinski definition) is 1. The largest absolute Gasteiger partial charge is 0.254 e. The van der Waals surface area contributed by atoms with Crippen LogP contribution in [0.4, 0.5) is 0 Å². The summed E-state index contributed by atoms with van der Waals surface area (Å²) in [5, 5.41) is 0. The average molecular weight is 114 g/mol. The third-order valence-corrected chi connectivity index (χ3v) is 2.42. The van der Waals surface area contributed by atoms with Gasteiger partial charge in [-0.1, -0.05) is 10.8 Å². The third-order valence-electron chi connectivity index (χ3n) is 0.405. The van der Waals surface area contributed by atoms with Crippen molar-refractivity contribution in [1.82, 2.24) is 4.72 Å². The summed E-state index contributed by atoms with van der Waals surface area (Å²) in [7, 11) is 3.62. The molecule has 1 fully saturated rings. The molecule has 1 N–H and O–H groups in total. The minimum absolute atomic E-state index is 0. The summed E-state index contributed by atoms with van der Waals surface area (Å²) >= 11 is 0. The summed E-state index contributed by atoms with van der Waals surface area (Å²) in [5.41, 5.74) is 0. The molecule has 0 saturated carbocycles. The molecule has 6 heavy (non-hydrogen) atoms. The maximum Gasteiger partial charge on any atom is 0.0184 e. The molecule has 0 aliphatic carbocycles. The van der Waals surface area contributed by atoms with Crippen molar-refractivity contribution in [2.75, 3.05) is 12.3 Å². The molecular weight excluding hydrogens is 109 g/mol. The average Bonchev–Trinajstić information content (AvgIpc) is 1.76. The maximum atomic E-state index is 3.10. The van der Waals surface area contributed by atoms with Crippen LogP contribution >= 0.6 is 21.8 Å². The Morgan fingerprint density at radius 2 is 2.33 bits per heavy atom. The Morgan fingerprint density at radius 3 is 2.50 bits per heavy atom. The molecule has 0 amide bonds. The molecule has 0 unspecified atom stereocenters. The minimum Gasteiger partial charge on any atom is -0.254 e. The molecule has 0 bridgehead atoms. The van der Waals surface area contributed by atoms with E-state index < -0.39 is 0 Å². The second kappa shape index (κ2) is 4.42. The Morgan fingerprint density at radius 1 is 1.50 bits per heavy atom. The fourth-order valence-electron chi connectivity index (χ4n) is 0.208. The normalized spacial score (nSPS) is 20.0. The minimum atomic E-state index is 0.